The number of aromatic nitrogens is 1. The molecule has 0 saturated heterocycles. The number of aliphatic hydroxyl groups excluding tert-OH is 1. The molecule has 0 aliphatic heterocycles. The van der Waals surface area contributed by atoms with E-state index in [9.17, 15) is 9.90 Å². The van der Waals surface area contributed by atoms with Crippen LogP contribution in [0.15, 0.2) is 18.5 Å². The zero-order chi connectivity index (χ0) is 13.7. The fourth-order valence-electron chi connectivity index (χ4n) is 2.40. The van der Waals surface area contributed by atoms with Crippen LogP contribution in [0.3, 0.4) is 0 Å². The Morgan fingerprint density at radius 1 is 1.37 bits per heavy atom. The van der Waals surface area contributed by atoms with Crippen LogP contribution in [0.25, 0.3) is 0 Å². The fraction of sp³-hybridized carbons (Fsp3) is 0.538. The summed E-state index contributed by atoms with van der Waals surface area (Å²) in [6.07, 6.45) is 7.23. The first-order valence-corrected chi connectivity index (χ1v) is 6.62. The fourth-order valence-corrected chi connectivity index (χ4v) is 2.40. The number of hydrogen-bond donors (Lipinski definition) is 4. The molecule has 104 valence electrons. The molecule has 1 heterocycles. The predicted octanol–water partition coefficient (Wildman–Crippen LogP) is 0.791. The van der Waals surface area contributed by atoms with Gasteiger partial charge in [-0.3, -0.25) is 15.6 Å². The molecule has 19 heavy (non-hydrogen) atoms. The van der Waals surface area contributed by atoms with Crippen molar-refractivity contribution < 1.29 is 9.90 Å². The standard InChI is InChI=1S/C13H20N4O2/c14-17-10-6-7-15-8-9(10)13(19)16-11-4-2-1-3-5-12(11)18/h6-8,11-12,18H,1-5,14H2,(H,15,17)(H,16,19). The average Bonchev–Trinajstić information content (AvgIpc) is 2.64. The number of amides is 1. The SMILES string of the molecule is NNc1ccncc1C(=O)NC1CCCCCC1O. The number of nitrogens with two attached hydrogens (primary N) is 1. The second-order valence-corrected chi connectivity index (χ2v) is 4.85. The zero-order valence-electron chi connectivity index (χ0n) is 10.8. The monoisotopic (exact) mass is 264 g/mol. The maximum atomic E-state index is 12.2. The molecule has 0 spiro atoms. The number of anilines is 1. The molecule has 1 fully saturated rings. The van der Waals surface area contributed by atoms with Gasteiger partial charge < -0.3 is 15.8 Å². The predicted molar refractivity (Wildman–Crippen MR) is 72.4 cm³/mol. The van der Waals surface area contributed by atoms with Gasteiger partial charge in [0, 0.05) is 12.4 Å². The summed E-state index contributed by atoms with van der Waals surface area (Å²) in [6.45, 7) is 0. The first-order chi connectivity index (χ1) is 9.22. The summed E-state index contributed by atoms with van der Waals surface area (Å²) in [4.78, 5) is 16.1. The van der Waals surface area contributed by atoms with Crippen molar-refractivity contribution in [2.45, 2.75) is 44.2 Å². The van der Waals surface area contributed by atoms with Crippen molar-refractivity contribution in [3.8, 4) is 0 Å². The summed E-state index contributed by atoms with van der Waals surface area (Å²) < 4.78 is 0. The van der Waals surface area contributed by atoms with Gasteiger partial charge in [-0.15, -0.1) is 0 Å². The van der Waals surface area contributed by atoms with Crippen molar-refractivity contribution >= 4 is 11.6 Å². The number of hydrazine groups is 1. The number of carbonyl (C=O) groups excluding carboxylic acids is 1. The molecule has 1 saturated carbocycles. The molecule has 2 atom stereocenters. The summed E-state index contributed by atoms with van der Waals surface area (Å²) in [6, 6.07) is 1.44. The smallest absolute Gasteiger partial charge is 0.255 e. The van der Waals surface area contributed by atoms with Crippen LogP contribution in [0.2, 0.25) is 0 Å². The van der Waals surface area contributed by atoms with Crippen LogP contribution < -0.4 is 16.6 Å². The molecule has 6 heteroatoms. The molecule has 0 aromatic carbocycles. The van der Waals surface area contributed by atoms with Gasteiger partial charge in [-0.25, -0.2) is 0 Å². The van der Waals surface area contributed by atoms with E-state index in [-0.39, 0.29) is 11.9 Å². The Kier molecular flexibility index (Phi) is 4.70. The number of rotatable bonds is 3. The maximum Gasteiger partial charge on any atom is 0.255 e. The lowest BCUT2D eigenvalue weighted by molar-refractivity contribution is 0.0819. The molecule has 0 radical (unpaired) electrons. The second-order valence-electron chi connectivity index (χ2n) is 4.85. The highest BCUT2D eigenvalue weighted by Crippen LogP contribution is 2.19. The first-order valence-electron chi connectivity index (χ1n) is 6.62. The lowest BCUT2D eigenvalue weighted by atomic mass is 10.1. The van der Waals surface area contributed by atoms with E-state index in [1.54, 1.807) is 12.3 Å². The van der Waals surface area contributed by atoms with Crippen molar-refractivity contribution in [3.05, 3.63) is 24.0 Å². The summed E-state index contributed by atoms with van der Waals surface area (Å²) in [5.74, 6) is 5.11. The number of nitrogen functional groups attached to an aromatic ring is 1. The van der Waals surface area contributed by atoms with Gasteiger partial charge in [0.25, 0.3) is 5.91 Å². The minimum absolute atomic E-state index is 0.194. The van der Waals surface area contributed by atoms with Gasteiger partial charge in [-0.1, -0.05) is 19.3 Å². The minimum Gasteiger partial charge on any atom is -0.391 e. The van der Waals surface area contributed by atoms with E-state index >= 15 is 0 Å². The Balaban J connectivity index is 2.07. The Bertz CT molecular complexity index is 438. The van der Waals surface area contributed by atoms with E-state index in [0.717, 1.165) is 32.1 Å². The molecule has 0 bridgehead atoms. The number of hydrogen-bond acceptors (Lipinski definition) is 5. The van der Waals surface area contributed by atoms with Crippen LogP contribution in [-0.4, -0.2) is 28.1 Å². The highest BCUT2D eigenvalue weighted by atomic mass is 16.3. The molecule has 1 aromatic heterocycles. The molecule has 1 amide bonds. The van der Waals surface area contributed by atoms with Crippen molar-refractivity contribution in [2.24, 2.45) is 5.84 Å². The largest absolute Gasteiger partial charge is 0.391 e. The highest BCUT2D eigenvalue weighted by molar-refractivity contribution is 5.99. The number of aliphatic hydroxyl groups is 1. The van der Waals surface area contributed by atoms with E-state index in [0.29, 0.717) is 11.3 Å². The molecule has 1 aliphatic rings. The zero-order valence-corrected chi connectivity index (χ0v) is 10.8. The van der Waals surface area contributed by atoms with Crippen LogP contribution in [-0.2, 0) is 0 Å². The first kappa shape index (κ1) is 13.8. The topological polar surface area (TPSA) is 100 Å². The molecule has 2 unspecified atom stereocenters. The number of carbonyl (C=O) groups is 1. The third-order valence-corrected chi connectivity index (χ3v) is 3.52. The molecule has 2 rings (SSSR count). The van der Waals surface area contributed by atoms with Gasteiger partial charge >= 0.3 is 0 Å². The lowest BCUT2D eigenvalue weighted by Crippen LogP contribution is -2.43. The Morgan fingerprint density at radius 2 is 2.16 bits per heavy atom. The van der Waals surface area contributed by atoms with Gasteiger partial charge in [0.1, 0.15) is 0 Å². The molecule has 1 aromatic rings. The minimum atomic E-state index is -0.475. The summed E-state index contributed by atoms with van der Waals surface area (Å²) in [5, 5.41) is 12.9. The lowest BCUT2D eigenvalue weighted by Gasteiger charge is -2.22. The van der Waals surface area contributed by atoms with Crippen LogP contribution in [0.1, 0.15) is 42.5 Å². The second kappa shape index (κ2) is 6.49. The maximum absolute atomic E-state index is 12.2. The summed E-state index contributed by atoms with van der Waals surface area (Å²) >= 11 is 0. The molecular weight excluding hydrogens is 244 g/mol. The van der Waals surface area contributed by atoms with Gasteiger partial charge in [0.15, 0.2) is 0 Å². The van der Waals surface area contributed by atoms with Crippen molar-refractivity contribution in [1.82, 2.24) is 10.3 Å². The number of nitrogens with zero attached hydrogens (tertiary/aromatic N) is 1. The van der Waals surface area contributed by atoms with Gasteiger partial charge in [-0.05, 0) is 18.9 Å². The van der Waals surface area contributed by atoms with E-state index in [1.165, 1.54) is 6.20 Å². The molecule has 1 aliphatic carbocycles. The molecule has 5 N–H and O–H groups in total. The van der Waals surface area contributed by atoms with Gasteiger partial charge in [-0.2, -0.15) is 0 Å². The summed E-state index contributed by atoms with van der Waals surface area (Å²) in [7, 11) is 0. The van der Waals surface area contributed by atoms with E-state index < -0.39 is 6.10 Å². The third-order valence-electron chi connectivity index (χ3n) is 3.52. The Labute approximate surface area is 112 Å². The quantitative estimate of drug-likeness (QED) is 0.367. The number of pyridine rings is 1. The molecule has 6 nitrogen and oxygen atoms in total. The van der Waals surface area contributed by atoms with Crippen LogP contribution in [0.4, 0.5) is 5.69 Å². The van der Waals surface area contributed by atoms with Gasteiger partial charge in [0.05, 0.1) is 23.4 Å². The normalized spacial score (nSPS) is 23.5. The van der Waals surface area contributed by atoms with Crippen LogP contribution in [0, 0.1) is 0 Å². The third kappa shape index (κ3) is 3.42. The van der Waals surface area contributed by atoms with Crippen molar-refractivity contribution in [3.63, 3.8) is 0 Å². The Hall–Kier alpha value is -1.66. The Morgan fingerprint density at radius 3 is 2.95 bits per heavy atom. The van der Waals surface area contributed by atoms with E-state index in [2.05, 4.69) is 15.7 Å². The van der Waals surface area contributed by atoms with E-state index in [4.69, 9.17) is 5.84 Å². The summed E-state index contributed by atoms with van der Waals surface area (Å²) in [5.41, 5.74) is 3.39. The van der Waals surface area contributed by atoms with Crippen LogP contribution >= 0.6 is 0 Å². The van der Waals surface area contributed by atoms with Crippen molar-refractivity contribution in [1.29, 1.82) is 0 Å². The van der Waals surface area contributed by atoms with Gasteiger partial charge in [0.2, 0.25) is 0 Å². The van der Waals surface area contributed by atoms with Crippen LogP contribution in [0.5, 0.6) is 0 Å². The number of nitrogens with one attached hydrogen (secondary N) is 2. The highest BCUT2D eigenvalue weighted by Gasteiger charge is 2.24. The molecular formula is C13H20N4O2. The van der Waals surface area contributed by atoms with E-state index in [1.807, 2.05) is 0 Å². The average molecular weight is 264 g/mol. The van der Waals surface area contributed by atoms with Crippen molar-refractivity contribution in [2.75, 3.05) is 5.43 Å².